The number of carboxylic acid groups (broad SMARTS) is 1. The molecule has 4 rings (SSSR count). The minimum Gasteiger partial charge on any atom is -0.534 e. The Balaban J connectivity index is 1.53. The van der Waals surface area contributed by atoms with Gasteiger partial charge in [-0.2, -0.15) is 0 Å². The Morgan fingerprint density at radius 3 is 2.67 bits per heavy atom. The van der Waals surface area contributed by atoms with Crippen LogP contribution in [0.5, 0.6) is 5.75 Å². The first kappa shape index (κ1) is 17.6. The molecule has 1 atom stereocenters. The summed E-state index contributed by atoms with van der Waals surface area (Å²) in [6, 6.07) is 11.9. The summed E-state index contributed by atoms with van der Waals surface area (Å²) < 4.78 is 5.40. The Labute approximate surface area is 156 Å². The van der Waals surface area contributed by atoms with Crippen molar-refractivity contribution in [3.05, 3.63) is 64.7 Å². The molecule has 7 nitrogen and oxygen atoms in total. The maximum atomic E-state index is 12.6. The van der Waals surface area contributed by atoms with Crippen molar-refractivity contribution in [1.82, 2.24) is 5.32 Å². The average Bonchev–Trinajstić information content (AvgIpc) is 3.40. The van der Waals surface area contributed by atoms with Crippen LogP contribution in [0, 0.1) is 0 Å². The van der Waals surface area contributed by atoms with Crippen LogP contribution >= 0.6 is 0 Å². The van der Waals surface area contributed by atoms with Crippen molar-refractivity contribution in [2.45, 2.75) is 30.7 Å². The molecule has 1 aliphatic heterocycles. The van der Waals surface area contributed by atoms with Crippen molar-refractivity contribution < 1.29 is 24.4 Å². The van der Waals surface area contributed by atoms with Crippen LogP contribution in [-0.2, 0) is 12.0 Å². The van der Waals surface area contributed by atoms with Gasteiger partial charge in [0, 0.05) is 11.1 Å². The van der Waals surface area contributed by atoms with E-state index < -0.39 is 19.0 Å². The second-order valence-corrected chi connectivity index (χ2v) is 7.13. The van der Waals surface area contributed by atoms with Gasteiger partial charge < -0.3 is 25.8 Å². The van der Waals surface area contributed by atoms with Crippen LogP contribution in [0.1, 0.15) is 44.7 Å². The molecular formula is C19H19BN2O5. The number of hydrogen-bond donors (Lipinski definition) is 4. The fourth-order valence-corrected chi connectivity index (χ4v) is 3.36. The lowest BCUT2D eigenvalue weighted by Gasteiger charge is -2.29. The Hall–Kier alpha value is -2.84. The zero-order chi connectivity index (χ0) is 19.2. The van der Waals surface area contributed by atoms with Crippen LogP contribution in [0.3, 0.4) is 0 Å². The fourth-order valence-electron chi connectivity index (χ4n) is 3.36. The summed E-state index contributed by atoms with van der Waals surface area (Å²) in [5.74, 6) is -2.02. The highest BCUT2D eigenvalue weighted by Gasteiger charge is 2.41. The van der Waals surface area contributed by atoms with Gasteiger partial charge in [-0.3, -0.25) is 4.79 Å². The summed E-state index contributed by atoms with van der Waals surface area (Å²) in [6.45, 7) is 0. The van der Waals surface area contributed by atoms with E-state index in [2.05, 4.69) is 5.32 Å². The summed E-state index contributed by atoms with van der Waals surface area (Å²) in [5, 5.41) is 22.3. The highest BCUT2D eigenvalue weighted by Crippen LogP contribution is 2.42. The van der Waals surface area contributed by atoms with E-state index in [-0.39, 0.29) is 29.2 Å². The largest absolute Gasteiger partial charge is 0.547 e. The number of carbonyl (C=O) groups is 2. The molecule has 1 heterocycles. The molecule has 0 saturated heterocycles. The van der Waals surface area contributed by atoms with E-state index in [1.807, 2.05) is 6.07 Å². The number of benzene rings is 2. The number of fused-ring (bicyclic) bond motifs is 1. The summed E-state index contributed by atoms with van der Waals surface area (Å²) in [6.07, 6.45) is 2.07. The minimum absolute atomic E-state index is 0.0123. The van der Waals surface area contributed by atoms with Crippen molar-refractivity contribution in [2.24, 2.45) is 5.73 Å². The molecule has 0 spiro atoms. The van der Waals surface area contributed by atoms with E-state index in [9.17, 15) is 19.7 Å². The van der Waals surface area contributed by atoms with Crippen molar-refractivity contribution >= 4 is 19.0 Å². The predicted molar refractivity (Wildman–Crippen MR) is 98.5 cm³/mol. The zero-order valence-electron chi connectivity index (χ0n) is 14.5. The Kier molecular flexibility index (Phi) is 4.17. The Morgan fingerprint density at radius 1 is 1.22 bits per heavy atom. The molecule has 8 heteroatoms. The average molecular weight is 366 g/mol. The van der Waals surface area contributed by atoms with Crippen LogP contribution < -0.4 is 15.7 Å². The minimum atomic E-state index is -1.34. The van der Waals surface area contributed by atoms with E-state index in [0.717, 1.165) is 18.4 Å². The van der Waals surface area contributed by atoms with Gasteiger partial charge in [-0.25, -0.2) is 4.79 Å². The van der Waals surface area contributed by atoms with Crippen LogP contribution in [0.25, 0.3) is 0 Å². The zero-order valence-corrected chi connectivity index (χ0v) is 14.5. The van der Waals surface area contributed by atoms with Gasteiger partial charge in [0.1, 0.15) is 5.75 Å². The first-order chi connectivity index (χ1) is 12.9. The number of carbonyl (C=O) groups excluding carboxylic acids is 1. The van der Waals surface area contributed by atoms with Crippen LogP contribution in [0.2, 0.25) is 0 Å². The van der Waals surface area contributed by atoms with Gasteiger partial charge in [0.15, 0.2) is 0 Å². The summed E-state index contributed by atoms with van der Waals surface area (Å²) in [7, 11) is -1.34. The molecular weight excluding hydrogens is 347 g/mol. The number of amides is 1. The molecule has 0 radical (unpaired) electrons. The highest BCUT2D eigenvalue weighted by atomic mass is 16.5. The molecule has 1 fully saturated rings. The highest BCUT2D eigenvalue weighted by molar-refractivity contribution is 6.47. The molecule has 1 amide bonds. The Morgan fingerprint density at radius 2 is 1.96 bits per heavy atom. The molecule has 2 aromatic carbocycles. The van der Waals surface area contributed by atoms with Crippen molar-refractivity contribution in [2.75, 3.05) is 0 Å². The number of carboxylic acids is 1. The number of rotatable bonds is 4. The molecule has 27 heavy (non-hydrogen) atoms. The lowest BCUT2D eigenvalue weighted by molar-refractivity contribution is 0.0693. The van der Waals surface area contributed by atoms with Crippen LogP contribution in [0.15, 0.2) is 42.5 Å². The SMILES string of the molecule is NC1(c2cccc(C(=O)NC3Cc4cccc(C(=O)O)c4OB3O)c2)CC1. The molecule has 1 aliphatic carbocycles. The first-order valence-electron chi connectivity index (χ1n) is 8.77. The third-order valence-corrected chi connectivity index (χ3v) is 5.15. The maximum absolute atomic E-state index is 12.6. The van der Waals surface area contributed by atoms with Crippen molar-refractivity contribution in [3.8, 4) is 5.75 Å². The number of para-hydroxylation sites is 1. The van der Waals surface area contributed by atoms with E-state index in [4.69, 9.17) is 10.4 Å². The van der Waals surface area contributed by atoms with Crippen molar-refractivity contribution in [3.63, 3.8) is 0 Å². The summed E-state index contributed by atoms with van der Waals surface area (Å²) >= 11 is 0. The van der Waals surface area contributed by atoms with Gasteiger partial charge in [-0.1, -0.05) is 24.3 Å². The monoisotopic (exact) mass is 366 g/mol. The smallest absolute Gasteiger partial charge is 0.534 e. The second kappa shape index (κ2) is 6.40. The number of hydrogen-bond acceptors (Lipinski definition) is 5. The van der Waals surface area contributed by atoms with Gasteiger partial charge in [0.05, 0.1) is 11.5 Å². The van der Waals surface area contributed by atoms with Gasteiger partial charge >= 0.3 is 13.1 Å². The standard InChI is InChI=1S/C19H19BN2O5/c21-19(7-8-19)13-5-1-4-12(9-13)17(23)22-15-10-11-3-2-6-14(18(24)25)16(11)27-20(15)26/h1-6,9,15,26H,7-8,10,21H2,(H,22,23)(H,24,25). The summed E-state index contributed by atoms with van der Waals surface area (Å²) in [5.41, 5.74) is 7.85. The molecule has 138 valence electrons. The second-order valence-electron chi connectivity index (χ2n) is 7.13. The van der Waals surface area contributed by atoms with E-state index in [1.165, 1.54) is 6.07 Å². The van der Waals surface area contributed by atoms with Crippen LogP contribution in [0.4, 0.5) is 0 Å². The molecule has 0 aromatic heterocycles. The molecule has 0 bridgehead atoms. The van der Waals surface area contributed by atoms with Gasteiger partial charge in [0.25, 0.3) is 5.91 Å². The van der Waals surface area contributed by atoms with E-state index in [1.54, 1.807) is 30.3 Å². The number of nitrogens with one attached hydrogen (secondary N) is 1. The van der Waals surface area contributed by atoms with Gasteiger partial charge in [-0.15, -0.1) is 0 Å². The van der Waals surface area contributed by atoms with E-state index >= 15 is 0 Å². The maximum Gasteiger partial charge on any atom is 0.547 e. The third-order valence-electron chi connectivity index (χ3n) is 5.15. The van der Waals surface area contributed by atoms with Gasteiger partial charge in [0.2, 0.25) is 0 Å². The number of aromatic carboxylic acids is 1. The normalized spacial score (nSPS) is 19.6. The third kappa shape index (κ3) is 3.29. The molecule has 5 N–H and O–H groups in total. The Bertz CT molecular complexity index is 928. The molecule has 1 unspecified atom stereocenters. The molecule has 2 aliphatic rings. The van der Waals surface area contributed by atoms with Crippen molar-refractivity contribution in [1.29, 1.82) is 0 Å². The quantitative estimate of drug-likeness (QED) is 0.601. The lowest BCUT2D eigenvalue weighted by atomic mass is 9.72. The van der Waals surface area contributed by atoms with Crippen LogP contribution in [-0.4, -0.2) is 35.1 Å². The predicted octanol–water partition coefficient (Wildman–Crippen LogP) is 1.09. The number of nitrogens with two attached hydrogens (primary N) is 1. The van der Waals surface area contributed by atoms with Gasteiger partial charge in [-0.05, 0) is 48.6 Å². The summed E-state index contributed by atoms with van der Waals surface area (Å²) in [4.78, 5) is 23.9. The molecule has 2 aromatic rings. The first-order valence-corrected chi connectivity index (χ1v) is 8.77. The topological polar surface area (TPSA) is 122 Å². The van der Waals surface area contributed by atoms with E-state index in [0.29, 0.717) is 11.1 Å². The lowest BCUT2D eigenvalue weighted by Crippen LogP contribution is -2.53. The fraction of sp³-hybridized carbons (Fsp3) is 0.263. The molecule has 1 saturated carbocycles.